The molecule has 0 N–H and O–H groups in total. The highest BCUT2D eigenvalue weighted by Gasteiger charge is 2.11. The Labute approximate surface area is 210 Å². The zero-order chi connectivity index (χ0) is 22.9. The van der Waals surface area contributed by atoms with Crippen LogP contribution in [-0.4, -0.2) is 0 Å². The van der Waals surface area contributed by atoms with E-state index >= 15 is 0 Å². The van der Waals surface area contributed by atoms with Crippen LogP contribution in [0.25, 0.3) is 52.5 Å². The van der Waals surface area contributed by atoms with Crippen LogP contribution in [0.15, 0.2) is 66.0 Å². The molecule has 0 aliphatic carbocycles. The number of hydrogen-bond donors (Lipinski definition) is 0. The zero-order valence-electron chi connectivity index (χ0n) is 20.0. The highest BCUT2D eigenvalue weighted by molar-refractivity contribution is 7.20. The van der Waals surface area contributed by atoms with Gasteiger partial charge in [-0.3, -0.25) is 0 Å². The number of hydrogen-bond acceptors (Lipinski definition) is 2. The van der Waals surface area contributed by atoms with Crippen molar-refractivity contribution < 1.29 is 0 Å². The van der Waals surface area contributed by atoms with Crippen LogP contribution in [0.4, 0.5) is 0 Å². The van der Waals surface area contributed by atoms with Gasteiger partial charge in [-0.25, -0.2) is 0 Å². The third-order valence-electron chi connectivity index (χ3n) is 7.42. The van der Waals surface area contributed by atoms with Crippen molar-refractivity contribution >= 4 is 75.2 Å². The summed E-state index contributed by atoms with van der Waals surface area (Å²) in [4.78, 5) is 1.55. The maximum Gasteiger partial charge on any atom is 0.0424 e. The molecule has 0 radical (unpaired) electrons. The molecule has 0 amide bonds. The predicted octanol–water partition coefficient (Wildman–Crippen LogP) is 11.3. The number of aryl methyl sites for hydroxylation is 1. The SMILES string of the molecule is CCCCCCCCCCc1cc2ccc3c4ccc5c(ccc6ccsc65)c4ccc3c2s1. The quantitative estimate of drug-likeness (QED) is 0.142. The first-order chi connectivity index (χ1) is 16.8. The van der Waals surface area contributed by atoms with E-state index in [0.717, 1.165) is 0 Å². The molecule has 0 saturated heterocycles. The van der Waals surface area contributed by atoms with Crippen molar-refractivity contribution in [2.24, 2.45) is 0 Å². The lowest BCUT2D eigenvalue weighted by Crippen LogP contribution is -1.83. The Kier molecular flexibility index (Phi) is 6.28. The van der Waals surface area contributed by atoms with Gasteiger partial charge in [-0.1, -0.05) is 100 Å². The van der Waals surface area contributed by atoms with Gasteiger partial charge in [-0.15, -0.1) is 22.7 Å². The first-order valence-electron chi connectivity index (χ1n) is 13.0. The second-order valence-corrected chi connectivity index (χ2v) is 11.8. The Morgan fingerprint density at radius 1 is 0.529 bits per heavy atom. The summed E-state index contributed by atoms with van der Waals surface area (Å²) < 4.78 is 2.86. The summed E-state index contributed by atoms with van der Waals surface area (Å²) in [6.07, 6.45) is 12.3. The van der Waals surface area contributed by atoms with E-state index in [0.29, 0.717) is 0 Å². The molecular weight excluding hydrogens is 448 g/mol. The van der Waals surface area contributed by atoms with Crippen LogP contribution in [0.2, 0.25) is 0 Å². The molecule has 0 aliphatic heterocycles. The molecule has 0 atom stereocenters. The zero-order valence-corrected chi connectivity index (χ0v) is 21.7. The van der Waals surface area contributed by atoms with Gasteiger partial charge in [0.05, 0.1) is 0 Å². The van der Waals surface area contributed by atoms with Crippen LogP contribution in [-0.2, 0) is 6.42 Å². The van der Waals surface area contributed by atoms with Crippen molar-refractivity contribution in [3.63, 3.8) is 0 Å². The van der Waals surface area contributed by atoms with Crippen LogP contribution in [0.1, 0.15) is 63.2 Å². The van der Waals surface area contributed by atoms with E-state index in [1.54, 1.807) is 4.88 Å². The Morgan fingerprint density at radius 3 is 1.82 bits per heavy atom. The first-order valence-corrected chi connectivity index (χ1v) is 14.7. The highest BCUT2D eigenvalue weighted by Crippen LogP contribution is 2.40. The van der Waals surface area contributed by atoms with Gasteiger partial charge in [-0.05, 0) is 62.7 Å². The van der Waals surface area contributed by atoms with E-state index in [9.17, 15) is 0 Å². The number of benzene rings is 4. The maximum atomic E-state index is 2.44. The Bertz CT molecular complexity index is 1600. The van der Waals surface area contributed by atoms with E-state index in [-0.39, 0.29) is 0 Å². The summed E-state index contributed by atoms with van der Waals surface area (Å²) in [7, 11) is 0. The summed E-state index contributed by atoms with van der Waals surface area (Å²) in [6, 6.07) is 23.4. The molecule has 0 aliphatic rings. The van der Waals surface area contributed by atoms with E-state index in [2.05, 4.69) is 73.0 Å². The third-order valence-corrected chi connectivity index (χ3v) is 9.62. The minimum Gasteiger partial charge on any atom is -0.143 e. The van der Waals surface area contributed by atoms with Crippen molar-refractivity contribution in [2.75, 3.05) is 0 Å². The van der Waals surface area contributed by atoms with Crippen molar-refractivity contribution in [3.05, 3.63) is 70.9 Å². The number of thiophene rings is 2. The molecule has 4 aromatic carbocycles. The number of fused-ring (bicyclic) bond motifs is 9. The van der Waals surface area contributed by atoms with Gasteiger partial charge in [-0.2, -0.15) is 0 Å². The lowest BCUT2D eigenvalue weighted by atomic mass is 9.96. The van der Waals surface area contributed by atoms with Crippen LogP contribution in [0.5, 0.6) is 0 Å². The van der Waals surface area contributed by atoms with Crippen molar-refractivity contribution in [2.45, 2.75) is 64.7 Å². The van der Waals surface area contributed by atoms with Gasteiger partial charge in [0.15, 0.2) is 0 Å². The Balaban J connectivity index is 1.28. The number of rotatable bonds is 9. The van der Waals surface area contributed by atoms with E-state index in [1.165, 1.54) is 110 Å². The maximum absolute atomic E-state index is 2.44. The van der Waals surface area contributed by atoms with Crippen molar-refractivity contribution in [3.8, 4) is 0 Å². The van der Waals surface area contributed by atoms with E-state index in [4.69, 9.17) is 0 Å². The average molecular weight is 481 g/mol. The van der Waals surface area contributed by atoms with Crippen LogP contribution in [0.3, 0.4) is 0 Å². The van der Waals surface area contributed by atoms with E-state index in [1.807, 2.05) is 22.7 Å². The fraction of sp³-hybridized carbons (Fsp3) is 0.312. The smallest absolute Gasteiger partial charge is 0.0424 e. The summed E-state index contributed by atoms with van der Waals surface area (Å²) >= 11 is 3.87. The van der Waals surface area contributed by atoms with Gasteiger partial charge in [0.25, 0.3) is 0 Å². The Hall–Kier alpha value is -2.42. The van der Waals surface area contributed by atoms with Crippen LogP contribution >= 0.6 is 22.7 Å². The van der Waals surface area contributed by atoms with Gasteiger partial charge in [0.2, 0.25) is 0 Å². The minimum atomic E-state index is 1.23. The van der Waals surface area contributed by atoms with Gasteiger partial charge >= 0.3 is 0 Å². The number of unbranched alkanes of at least 4 members (excludes halogenated alkanes) is 7. The van der Waals surface area contributed by atoms with Gasteiger partial charge < -0.3 is 0 Å². The largest absolute Gasteiger partial charge is 0.143 e. The average Bonchev–Trinajstić information content (AvgIpc) is 3.52. The fourth-order valence-corrected chi connectivity index (χ4v) is 7.73. The second kappa shape index (κ2) is 9.68. The van der Waals surface area contributed by atoms with Crippen LogP contribution < -0.4 is 0 Å². The molecule has 6 aromatic rings. The predicted molar refractivity (Wildman–Crippen MR) is 156 cm³/mol. The molecule has 0 nitrogen and oxygen atoms in total. The third kappa shape index (κ3) is 4.01. The molecule has 2 heterocycles. The summed E-state index contributed by atoms with van der Waals surface area (Å²) in [5.41, 5.74) is 0. The molecule has 34 heavy (non-hydrogen) atoms. The molecule has 0 saturated carbocycles. The highest BCUT2D eigenvalue weighted by atomic mass is 32.1. The molecule has 6 rings (SSSR count). The van der Waals surface area contributed by atoms with Gasteiger partial charge in [0.1, 0.15) is 0 Å². The Morgan fingerprint density at radius 2 is 1.09 bits per heavy atom. The molecular formula is C32H32S2. The molecule has 0 spiro atoms. The van der Waals surface area contributed by atoms with E-state index < -0.39 is 0 Å². The first kappa shape index (κ1) is 22.1. The summed E-state index contributed by atoms with van der Waals surface area (Å²) in [5.74, 6) is 0. The van der Waals surface area contributed by atoms with Crippen molar-refractivity contribution in [1.29, 1.82) is 0 Å². The summed E-state index contributed by atoms with van der Waals surface area (Å²) in [6.45, 7) is 2.29. The topological polar surface area (TPSA) is 0 Å². The van der Waals surface area contributed by atoms with Crippen LogP contribution in [0, 0.1) is 0 Å². The standard InChI is InChI=1S/C32H32S2/c1-2-3-4-5-6-7-8-9-10-24-21-23-12-14-28-26-15-17-29-27(13-11-22-19-20-33-31(22)29)25(26)16-18-30(28)32(23)34-24/h11-21H,2-10H2,1H3. The molecule has 172 valence electrons. The molecule has 0 fully saturated rings. The van der Waals surface area contributed by atoms with Gasteiger partial charge in [0, 0.05) is 25.0 Å². The minimum absolute atomic E-state index is 1.23. The molecule has 2 aromatic heterocycles. The second-order valence-electron chi connectivity index (χ2n) is 9.74. The lowest BCUT2D eigenvalue weighted by molar-refractivity contribution is 0.576. The fourth-order valence-electron chi connectivity index (χ4n) is 5.57. The molecule has 2 heteroatoms. The molecule has 0 bridgehead atoms. The lowest BCUT2D eigenvalue weighted by Gasteiger charge is -2.09. The normalized spacial score (nSPS) is 12.1. The summed E-state index contributed by atoms with van der Waals surface area (Å²) in [5, 5.41) is 13.3. The van der Waals surface area contributed by atoms with Crippen molar-refractivity contribution in [1.82, 2.24) is 0 Å². The molecule has 0 unspecified atom stereocenters. The monoisotopic (exact) mass is 480 g/mol.